The summed E-state index contributed by atoms with van der Waals surface area (Å²) < 4.78 is 34.6. The second-order valence-electron chi connectivity index (χ2n) is 26.9. The Balaban J connectivity index is 0.000000140. The molecule has 0 spiro atoms. The Morgan fingerprint density at radius 2 is 0.505 bits per heavy atom. The molecule has 0 heterocycles. The summed E-state index contributed by atoms with van der Waals surface area (Å²) in [5.74, 6) is 4.61. The number of fused-ring (bicyclic) bond motifs is 9. The van der Waals surface area contributed by atoms with Gasteiger partial charge in [-0.15, -0.1) is 0 Å². The van der Waals surface area contributed by atoms with Gasteiger partial charge in [-0.2, -0.15) is 0 Å². The van der Waals surface area contributed by atoms with Gasteiger partial charge in [-0.25, -0.2) is 0 Å². The zero-order valence-corrected chi connectivity index (χ0v) is 59.8. The number of aryl methyl sites for hydroxylation is 2. The number of benzene rings is 12. The Morgan fingerprint density at radius 3 is 0.743 bits per heavy atom. The minimum Gasteiger partial charge on any atom is -0.494 e. The molecule has 0 radical (unpaired) electrons. The fraction of sp³-hybridized carbons (Fsp3) is 0.226. The predicted octanol–water partition coefficient (Wildman–Crippen LogP) is 16.5. The first-order valence-corrected chi connectivity index (χ1v) is 36.2. The van der Waals surface area contributed by atoms with E-state index in [4.69, 9.17) is 38.6 Å². The number of rotatable bonds is 26. The number of ether oxygens (including phenoxy) is 6. The van der Waals surface area contributed by atoms with Gasteiger partial charge in [0.25, 0.3) is 0 Å². The molecule has 3 aliphatic rings. The van der Waals surface area contributed by atoms with Crippen molar-refractivity contribution in [1.82, 2.24) is 0 Å². The first-order valence-electron chi connectivity index (χ1n) is 36.2. The highest BCUT2D eigenvalue weighted by Crippen LogP contribution is 2.60. The van der Waals surface area contributed by atoms with Crippen molar-refractivity contribution in [2.24, 2.45) is 0 Å². The average molecular weight is 1400 g/mol. The van der Waals surface area contributed by atoms with Gasteiger partial charge in [0.2, 0.25) is 0 Å². The average Bonchev–Trinajstić information content (AvgIpc) is 1.58. The molecule has 534 valence electrons. The number of hydrogen-bond acceptors (Lipinski definition) is 12. The second kappa shape index (κ2) is 32.9. The van der Waals surface area contributed by atoms with E-state index in [0.29, 0.717) is 26.1 Å². The zero-order chi connectivity index (χ0) is 72.9. The van der Waals surface area contributed by atoms with E-state index >= 15 is 0 Å². The van der Waals surface area contributed by atoms with Crippen LogP contribution in [0.25, 0.3) is 33.4 Å². The molecule has 12 heteroatoms. The molecule has 12 nitrogen and oxygen atoms in total. The summed E-state index contributed by atoms with van der Waals surface area (Å²) in [7, 11) is 0. The molecule has 0 fully saturated rings. The standard InChI is InChI=1S/3C31H30O4/c1-21(32)19-34-25-15-11-23(12-16-25)31(24-13-17-26(18-14-24)35-20-22(2)33)29-9-5-3-7-27(29)28-8-4-6-10-30(28)31;1-21-19-23(11-13-29(21)34-17-15-32)31(24-12-14-30(22(2)20-24)35-18-16-33)27-9-5-3-7-25(27)26-8-4-6-10-28(26)31;32-19-5-21-34-25-15-11-23(12-16-25)31(24-13-17-26(18-14-24)35-22-6-20-33)29-9-3-1-7-27(29)28-8-2-4-10-30(28)31/h3-18,21-22,32-33H,19-20H2,1-2H3;3-14,19-20,32-33H,15-18H2,1-2H3;1-4,7-18,32-33H,5-6,19-22H2. The molecular formula is C93H90O12. The number of aliphatic hydroxyl groups excluding tert-OH is 6. The fourth-order valence-corrected chi connectivity index (χ4v) is 15.6. The predicted molar refractivity (Wildman–Crippen MR) is 415 cm³/mol. The maximum Gasteiger partial charge on any atom is 0.122 e. The highest BCUT2D eigenvalue weighted by molar-refractivity contribution is 5.89. The molecule has 0 aliphatic heterocycles. The van der Waals surface area contributed by atoms with Gasteiger partial charge in [0, 0.05) is 26.1 Å². The van der Waals surface area contributed by atoms with Crippen molar-refractivity contribution < 1.29 is 59.1 Å². The molecule has 0 bridgehead atoms. The summed E-state index contributed by atoms with van der Waals surface area (Å²) in [6.07, 6.45) is 0.173. The van der Waals surface area contributed by atoms with E-state index in [9.17, 15) is 20.4 Å². The molecule has 0 aromatic heterocycles. The minimum atomic E-state index is -0.524. The van der Waals surface area contributed by atoms with Crippen molar-refractivity contribution >= 4 is 0 Å². The summed E-state index contributed by atoms with van der Waals surface area (Å²) >= 11 is 0. The monoisotopic (exact) mass is 1400 g/mol. The van der Waals surface area contributed by atoms with E-state index in [-0.39, 0.29) is 52.9 Å². The summed E-state index contributed by atoms with van der Waals surface area (Å²) in [5, 5.41) is 55.7. The molecular weight excluding hydrogens is 1310 g/mol. The first-order chi connectivity index (χ1) is 51.4. The van der Waals surface area contributed by atoms with Gasteiger partial charge in [0.05, 0.1) is 54.9 Å². The van der Waals surface area contributed by atoms with Crippen molar-refractivity contribution in [3.05, 3.63) is 357 Å². The van der Waals surface area contributed by atoms with Gasteiger partial charge in [0.1, 0.15) is 60.9 Å². The molecule has 3 aliphatic carbocycles. The van der Waals surface area contributed by atoms with Crippen LogP contribution in [0.1, 0.15) is 105 Å². The Labute approximate surface area is 615 Å². The van der Waals surface area contributed by atoms with Crippen LogP contribution in [0.3, 0.4) is 0 Å². The maximum absolute atomic E-state index is 9.59. The molecule has 2 atom stereocenters. The quantitative estimate of drug-likeness (QED) is 0.0283. The Bertz CT molecular complexity index is 4580. The first kappa shape index (κ1) is 72.5. The summed E-state index contributed by atoms with van der Waals surface area (Å²) in [4.78, 5) is 0. The van der Waals surface area contributed by atoms with E-state index < -0.39 is 28.5 Å². The highest BCUT2D eigenvalue weighted by atomic mass is 16.5. The third-order valence-corrected chi connectivity index (χ3v) is 20.0. The van der Waals surface area contributed by atoms with Crippen molar-refractivity contribution in [3.8, 4) is 67.9 Å². The van der Waals surface area contributed by atoms with Crippen LogP contribution in [0.4, 0.5) is 0 Å². The lowest BCUT2D eigenvalue weighted by molar-refractivity contribution is 0.122. The van der Waals surface area contributed by atoms with Crippen molar-refractivity contribution in [2.45, 2.75) is 69.0 Å². The van der Waals surface area contributed by atoms with E-state index in [2.05, 4.69) is 218 Å². The van der Waals surface area contributed by atoms with Crippen molar-refractivity contribution in [1.29, 1.82) is 0 Å². The molecule has 0 saturated heterocycles. The van der Waals surface area contributed by atoms with Crippen LogP contribution < -0.4 is 28.4 Å². The Morgan fingerprint density at radius 1 is 0.267 bits per heavy atom. The van der Waals surface area contributed by atoms with Crippen LogP contribution in [0.2, 0.25) is 0 Å². The molecule has 12 aromatic carbocycles. The molecule has 2 unspecified atom stereocenters. The van der Waals surface area contributed by atoms with Crippen LogP contribution in [0.15, 0.2) is 279 Å². The smallest absolute Gasteiger partial charge is 0.122 e. The van der Waals surface area contributed by atoms with Crippen LogP contribution in [0.5, 0.6) is 34.5 Å². The van der Waals surface area contributed by atoms with Crippen LogP contribution in [0, 0.1) is 13.8 Å². The van der Waals surface area contributed by atoms with Crippen LogP contribution in [-0.4, -0.2) is 109 Å². The normalized spacial score (nSPS) is 13.8. The topological polar surface area (TPSA) is 177 Å². The third-order valence-electron chi connectivity index (χ3n) is 20.0. The Hall–Kier alpha value is -10.8. The Kier molecular flexibility index (Phi) is 22.7. The van der Waals surface area contributed by atoms with E-state index in [1.54, 1.807) is 13.8 Å². The molecule has 6 N–H and O–H groups in total. The summed E-state index contributed by atoms with van der Waals surface area (Å²) in [6.45, 7) is 9.75. The van der Waals surface area contributed by atoms with E-state index in [1.807, 2.05) is 74.5 Å². The van der Waals surface area contributed by atoms with Crippen molar-refractivity contribution in [2.75, 3.05) is 66.1 Å². The number of aliphatic hydroxyl groups is 6. The van der Waals surface area contributed by atoms with Gasteiger partial charge < -0.3 is 59.1 Å². The highest BCUT2D eigenvalue weighted by Gasteiger charge is 2.49. The molecule has 12 aromatic rings. The molecule has 0 amide bonds. The molecule has 0 saturated carbocycles. The van der Waals surface area contributed by atoms with Crippen LogP contribution >= 0.6 is 0 Å². The third kappa shape index (κ3) is 14.3. The minimum absolute atomic E-state index is 0.0180. The van der Waals surface area contributed by atoms with Gasteiger partial charge in [-0.3, -0.25) is 0 Å². The van der Waals surface area contributed by atoms with Gasteiger partial charge in [-0.05, 0) is 200 Å². The van der Waals surface area contributed by atoms with Gasteiger partial charge in [-0.1, -0.05) is 218 Å². The van der Waals surface area contributed by atoms with Gasteiger partial charge >= 0.3 is 0 Å². The van der Waals surface area contributed by atoms with E-state index in [1.165, 1.54) is 77.9 Å². The summed E-state index contributed by atoms with van der Waals surface area (Å²) in [6, 6.07) is 97.5. The molecule has 105 heavy (non-hydrogen) atoms. The second-order valence-corrected chi connectivity index (χ2v) is 26.9. The van der Waals surface area contributed by atoms with Crippen LogP contribution in [-0.2, 0) is 16.2 Å². The fourth-order valence-electron chi connectivity index (χ4n) is 15.6. The lowest BCUT2D eigenvalue weighted by Gasteiger charge is -2.34. The van der Waals surface area contributed by atoms with Crippen molar-refractivity contribution in [3.63, 3.8) is 0 Å². The SMILES string of the molecule is CC(O)COc1ccc(C2(c3ccc(OCC(C)O)cc3)c3ccccc3-c3ccccc32)cc1.Cc1cc(C2(c3ccc(OCCO)c(C)c3)c3ccccc3-c3ccccc32)ccc1OCCO.OCCCOc1ccc(C2(c3ccc(OCCCO)cc3)c3ccccc3-c3ccccc32)cc1. The molecule has 15 rings (SSSR count). The van der Waals surface area contributed by atoms with Gasteiger partial charge in [0.15, 0.2) is 0 Å². The lowest BCUT2D eigenvalue weighted by atomic mass is 9.67. The van der Waals surface area contributed by atoms with E-state index in [0.717, 1.165) is 67.9 Å². The lowest BCUT2D eigenvalue weighted by Crippen LogP contribution is -2.29. The largest absolute Gasteiger partial charge is 0.494 e. The zero-order valence-electron chi connectivity index (χ0n) is 59.8. The summed E-state index contributed by atoms with van der Waals surface area (Å²) in [5.41, 5.74) is 22.4. The maximum atomic E-state index is 9.59. The number of hydrogen-bond donors (Lipinski definition) is 6.